The molecule has 0 unspecified atom stereocenters. The molecule has 0 saturated carbocycles. The van der Waals surface area contributed by atoms with E-state index in [4.69, 9.17) is 18.0 Å². The van der Waals surface area contributed by atoms with E-state index in [1.807, 2.05) is 16.8 Å². The topological polar surface area (TPSA) is 58.4 Å². The molecule has 1 aromatic heterocycles. The summed E-state index contributed by atoms with van der Waals surface area (Å²) in [4.78, 5) is 14.6. The molecule has 0 aromatic carbocycles. The molecule has 6 heteroatoms. The number of amides is 1. The van der Waals surface area contributed by atoms with E-state index in [1.54, 1.807) is 0 Å². The number of rotatable bonds is 4. The van der Waals surface area contributed by atoms with Crippen LogP contribution in [0, 0.1) is 0 Å². The Morgan fingerprint density at radius 1 is 1.56 bits per heavy atom. The fourth-order valence-electron chi connectivity index (χ4n) is 2.12. The molecule has 0 aliphatic carbocycles. The summed E-state index contributed by atoms with van der Waals surface area (Å²) in [5, 5.41) is 6.86. The molecule has 2 rings (SSSR count). The lowest BCUT2D eigenvalue weighted by molar-refractivity contribution is 0.0915. The molecule has 98 valence electrons. The molecule has 4 nitrogen and oxygen atoms in total. The van der Waals surface area contributed by atoms with Gasteiger partial charge in [-0.15, -0.1) is 0 Å². The summed E-state index contributed by atoms with van der Waals surface area (Å²) in [6.45, 7) is 2.55. The van der Waals surface area contributed by atoms with Crippen LogP contribution in [0.4, 0.5) is 0 Å². The number of thiophene rings is 1. The van der Waals surface area contributed by atoms with Crippen molar-refractivity contribution in [3.8, 4) is 0 Å². The van der Waals surface area contributed by atoms with Crippen molar-refractivity contribution >= 4 is 34.5 Å². The third-order valence-corrected chi connectivity index (χ3v) is 3.90. The van der Waals surface area contributed by atoms with Gasteiger partial charge in [0.15, 0.2) is 0 Å². The Balaban J connectivity index is 1.77. The molecule has 1 saturated heterocycles. The lowest BCUT2D eigenvalue weighted by atomic mass is 10.0. The second kappa shape index (κ2) is 6.26. The molecule has 0 bridgehead atoms. The van der Waals surface area contributed by atoms with E-state index >= 15 is 0 Å². The van der Waals surface area contributed by atoms with Crippen LogP contribution < -0.4 is 11.1 Å². The quantitative estimate of drug-likeness (QED) is 0.816. The predicted molar refractivity (Wildman–Crippen MR) is 78.0 cm³/mol. The smallest absolute Gasteiger partial charge is 0.252 e. The van der Waals surface area contributed by atoms with E-state index in [0.717, 1.165) is 31.5 Å². The maximum atomic E-state index is 11.9. The highest BCUT2D eigenvalue weighted by molar-refractivity contribution is 7.80. The Morgan fingerprint density at radius 2 is 2.28 bits per heavy atom. The van der Waals surface area contributed by atoms with Crippen molar-refractivity contribution < 1.29 is 4.79 Å². The second-order valence-electron chi connectivity index (χ2n) is 4.50. The summed E-state index contributed by atoms with van der Waals surface area (Å²) >= 11 is 6.44. The van der Waals surface area contributed by atoms with E-state index < -0.39 is 0 Å². The van der Waals surface area contributed by atoms with Crippen LogP contribution in [0.15, 0.2) is 16.8 Å². The number of hydrogen-bond donors (Lipinski definition) is 2. The molecule has 1 fully saturated rings. The molecule has 2 heterocycles. The first-order valence-corrected chi connectivity index (χ1v) is 7.34. The van der Waals surface area contributed by atoms with E-state index in [9.17, 15) is 4.79 Å². The highest BCUT2D eigenvalue weighted by atomic mass is 32.1. The van der Waals surface area contributed by atoms with Crippen molar-refractivity contribution in [1.82, 2.24) is 10.2 Å². The third kappa shape index (κ3) is 3.76. The Hall–Kier alpha value is -0.980. The molecular formula is C12H17N3OS2. The molecule has 1 aliphatic heterocycles. The Labute approximate surface area is 116 Å². The zero-order valence-corrected chi connectivity index (χ0v) is 11.7. The van der Waals surface area contributed by atoms with Crippen LogP contribution in [0.2, 0.25) is 0 Å². The van der Waals surface area contributed by atoms with Crippen molar-refractivity contribution in [2.75, 3.05) is 19.6 Å². The maximum Gasteiger partial charge on any atom is 0.252 e. The standard InChI is InChI=1S/C12H17N3OS2/c13-11(17)7-15-4-1-10(2-5-15)14-12(16)9-3-6-18-8-9/h3,6,8,10H,1-2,4-5,7H2,(H2,13,17)(H,14,16). The van der Waals surface area contributed by atoms with Gasteiger partial charge in [0.25, 0.3) is 5.91 Å². The van der Waals surface area contributed by atoms with Gasteiger partial charge in [-0.3, -0.25) is 9.69 Å². The first-order valence-electron chi connectivity index (χ1n) is 5.99. The lowest BCUT2D eigenvalue weighted by Crippen LogP contribution is -2.46. The zero-order valence-electron chi connectivity index (χ0n) is 10.1. The Morgan fingerprint density at radius 3 is 2.83 bits per heavy atom. The summed E-state index contributed by atoms with van der Waals surface area (Å²) in [7, 11) is 0. The van der Waals surface area contributed by atoms with Crippen molar-refractivity contribution in [3.05, 3.63) is 22.4 Å². The summed E-state index contributed by atoms with van der Waals surface area (Å²) in [6, 6.07) is 2.11. The summed E-state index contributed by atoms with van der Waals surface area (Å²) in [5.74, 6) is 0.0315. The second-order valence-corrected chi connectivity index (χ2v) is 5.81. The van der Waals surface area contributed by atoms with Crippen molar-refractivity contribution in [1.29, 1.82) is 0 Å². The van der Waals surface area contributed by atoms with Gasteiger partial charge in [-0.05, 0) is 24.3 Å². The van der Waals surface area contributed by atoms with Gasteiger partial charge in [0.2, 0.25) is 0 Å². The summed E-state index contributed by atoms with van der Waals surface area (Å²) < 4.78 is 0. The number of thiocarbonyl (C=S) groups is 1. The van der Waals surface area contributed by atoms with Crippen LogP contribution in [-0.2, 0) is 0 Å². The molecular weight excluding hydrogens is 266 g/mol. The SMILES string of the molecule is NC(=S)CN1CCC(NC(=O)c2ccsc2)CC1. The van der Waals surface area contributed by atoms with Gasteiger partial charge in [-0.2, -0.15) is 11.3 Å². The van der Waals surface area contributed by atoms with Crippen LogP contribution in [0.25, 0.3) is 0 Å². The molecule has 0 radical (unpaired) electrons. The minimum atomic E-state index is 0.0315. The van der Waals surface area contributed by atoms with Crippen LogP contribution in [0.1, 0.15) is 23.2 Å². The summed E-state index contributed by atoms with van der Waals surface area (Å²) in [6.07, 6.45) is 1.91. The van der Waals surface area contributed by atoms with Crippen molar-refractivity contribution in [2.45, 2.75) is 18.9 Å². The van der Waals surface area contributed by atoms with Gasteiger partial charge >= 0.3 is 0 Å². The monoisotopic (exact) mass is 283 g/mol. The van der Waals surface area contributed by atoms with Gasteiger partial charge < -0.3 is 11.1 Å². The lowest BCUT2D eigenvalue weighted by Gasteiger charge is -2.31. The number of hydrogen-bond acceptors (Lipinski definition) is 4. The molecule has 0 spiro atoms. The predicted octanol–water partition coefficient (Wildman–Crippen LogP) is 1.23. The first kappa shape index (κ1) is 13.5. The van der Waals surface area contributed by atoms with E-state index in [0.29, 0.717) is 11.5 Å². The van der Waals surface area contributed by atoms with E-state index in [1.165, 1.54) is 11.3 Å². The average Bonchev–Trinajstić information content (AvgIpc) is 2.84. The minimum Gasteiger partial charge on any atom is -0.392 e. The fourth-order valence-corrected chi connectivity index (χ4v) is 2.94. The van der Waals surface area contributed by atoms with Crippen LogP contribution in [-0.4, -0.2) is 41.5 Å². The van der Waals surface area contributed by atoms with Gasteiger partial charge in [-0.25, -0.2) is 0 Å². The molecule has 3 N–H and O–H groups in total. The van der Waals surface area contributed by atoms with Gasteiger partial charge in [-0.1, -0.05) is 12.2 Å². The average molecular weight is 283 g/mol. The minimum absolute atomic E-state index is 0.0315. The normalized spacial score (nSPS) is 17.6. The van der Waals surface area contributed by atoms with Crippen LogP contribution >= 0.6 is 23.6 Å². The third-order valence-electron chi connectivity index (χ3n) is 3.09. The van der Waals surface area contributed by atoms with Crippen LogP contribution in [0.3, 0.4) is 0 Å². The molecule has 1 aliphatic rings. The van der Waals surface area contributed by atoms with Gasteiger partial charge in [0.1, 0.15) is 0 Å². The zero-order chi connectivity index (χ0) is 13.0. The molecule has 18 heavy (non-hydrogen) atoms. The van der Waals surface area contributed by atoms with Crippen molar-refractivity contribution in [3.63, 3.8) is 0 Å². The van der Waals surface area contributed by atoms with E-state index in [2.05, 4.69) is 10.2 Å². The largest absolute Gasteiger partial charge is 0.392 e. The number of piperidine rings is 1. The Bertz CT molecular complexity index is 411. The number of carbonyl (C=O) groups is 1. The van der Waals surface area contributed by atoms with Crippen molar-refractivity contribution in [2.24, 2.45) is 5.73 Å². The van der Waals surface area contributed by atoms with E-state index in [-0.39, 0.29) is 11.9 Å². The highest BCUT2D eigenvalue weighted by Gasteiger charge is 2.21. The van der Waals surface area contributed by atoms with Crippen LogP contribution in [0.5, 0.6) is 0 Å². The molecule has 0 atom stereocenters. The number of nitrogens with zero attached hydrogens (tertiary/aromatic N) is 1. The highest BCUT2D eigenvalue weighted by Crippen LogP contribution is 2.12. The fraction of sp³-hybridized carbons (Fsp3) is 0.500. The maximum absolute atomic E-state index is 11.9. The number of likely N-dealkylation sites (tertiary alicyclic amines) is 1. The first-order chi connectivity index (χ1) is 8.65. The number of nitrogens with two attached hydrogens (primary N) is 1. The van der Waals surface area contributed by atoms with Gasteiger partial charge in [0.05, 0.1) is 4.99 Å². The summed E-state index contributed by atoms with van der Waals surface area (Å²) in [5.41, 5.74) is 6.28. The molecule has 1 amide bonds. The molecule has 1 aromatic rings. The van der Waals surface area contributed by atoms with Gasteiger partial charge in [0, 0.05) is 36.6 Å². The number of carbonyl (C=O) groups excluding carboxylic acids is 1. The Kier molecular flexibility index (Phi) is 4.68. The number of nitrogens with one attached hydrogen (secondary N) is 1.